The van der Waals surface area contributed by atoms with E-state index < -0.39 is 18.0 Å². The Morgan fingerprint density at radius 2 is 1.95 bits per heavy atom. The van der Waals surface area contributed by atoms with E-state index in [1.54, 1.807) is 0 Å². The van der Waals surface area contributed by atoms with Crippen molar-refractivity contribution in [3.8, 4) is 11.1 Å². The van der Waals surface area contributed by atoms with Gasteiger partial charge in [0.15, 0.2) is 0 Å². The first kappa shape index (κ1) is 13.1. The second-order valence-electron chi connectivity index (χ2n) is 4.30. The standard InChI is InChI=1S/C7H10N2O4.C6H4/c1-4(10)8-9-3-6(7(9)12)13-5(2)11;1-2-5-4-6(5)3-1/h6H,3H2,1-2H3,(H,8,10);1-4H. The Morgan fingerprint density at radius 3 is 2.26 bits per heavy atom. The molecular formula is C13H14N2O4. The molecule has 19 heavy (non-hydrogen) atoms. The molecule has 100 valence electrons. The number of rotatable bonds is 2. The van der Waals surface area contributed by atoms with Crippen molar-refractivity contribution in [2.24, 2.45) is 0 Å². The van der Waals surface area contributed by atoms with Crippen molar-refractivity contribution in [3.63, 3.8) is 0 Å². The predicted molar refractivity (Wildman–Crippen MR) is 66.5 cm³/mol. The van der Waals surface area contributed by atoms with Crippen molar-refractivity contribution in [1.82, 2.24) is 10.4 Å². The van der Waals surface area contributed by atoms with Gasteiger partial charge < -0.3 is 4.74 Å². The maximum atomic E-state index is 11.1. The fourth-order valence-corrected chi connectivity index (χ4v) is 1.65. The van der Waals surface area contributed by atoms with Crippen molar-refractivity contribution in [1.29, 1.82) is 0 Å². The molecule has 0 aromatic carbocycles. The zero-order chi connectivity index (χ0) is 14.0. The lowest BCUT2D eigenvalue weighted by Crippen LogP contribution is -2.64. The summed E-state index contributed by atoms with van der Waals surface area (Å²) in [6.45, 7) is 2.75. The number of β-lactam (4-membered cyclic amide) rings is 1. The van der Waals surface area contributed by atoms with E-state index in [1.165, 1.54) is 25.0 Å². The summed E-state index contributed by atoms with van der Waals surface area (Å²) in [7, 11) is 0. The molecule has 2 aliphatic carbocycles. The molecule has 1 aliphatic heterocycles. The van der Waals surface area contributed by atoms with Crippen LogP contribution in [0.4, 0.5) is 0 Å². The molecule has 1 fully saturated rings. The summed E-state index contributed by atoms with van der Waals surface area (Å²) in [6, 6.07) is 8.48. The molecule has 1 heterocycles. The number of carbonyl (C=O) groups is 3. The van der Waals surface area contributed by atoms with E-state index in [-0.39, 0.29) is 12.5 Å². The summed E-state index contributed by atoms with van der Waals surface area (Å²) in [5, 5.41) is 1.11. The van der Waals surface area contributed by atoms with Gasteiger partial charge in [0.2, 0.25) is 12.0 Å². The number of fused-ring (bicyclic) bond motifs is 1. The number of hydrazine groups is 1. The highest BCUT2D eigenvalue weighted by Gasteiger charge is 2.40. The van der Waals surface area contributed by atoms with Gasteiger partial charge in [-0.15, -0.1) is 0 Å². The molecule has 6 nitrogen and oxygen atoms in total. The lowest BCUT2D eigenvalue weighted by Gasteiger charge is -2.36. The summed E-state index contributed by atoms with van der Waals surface area (Å²) in [4.78, 5) is 32.0. The van der Waals surface area contributed by atoms with E-state index >= 15 is 0 Å². The zero-order valence-corrected chi connectivity index (χ0v) is 10.7. The molecule has 0 radical (unpaired) electrons. The Labute approximate surface area is 110 Å². The number of hydrogen-bond acceptors (Lipinski definition) is 4. The molecule has 3 aliphatic rings. The van der Waals surface area contributed by atoms with Gasteiger partial charge in [0.1, 0.15) is 0 Å². The molecule has 1 saturated heterocycles. The van der Waals surface area contributed by atoms with E-state index in [9.17, 15) is 14.4 Å². The topological polar surface area (TPSA) is 75.7 Å². The molecule has 3 rings (SSSR count). The van der Waals surface area contributed by atoms with Crippen LogP contribution in [0.3, 0.4) is 0 Å². The average Bonchev–Trinajstić information content (AvgIpc) is 2.94. The van der Waals surface area contributed by atoms with Crippen LogP contribution in [0.2, 0.25) is 0 Å². The Balaban J connectivity index is 0.000000180. The highest BCUT2D eigenvalue weighted by Crippen LogP contribution is 2.32. The van der Waals surface area contributed by atoms with E-state index in [4.69, 9.17) is 0 Å². The quantitative estimate of drug-likeness (QED) is 0.631. The number of nitrogens with zero attached hydrogens (tertiary/aromatic N) is 1. The van der Waals surface area contributed by atoms with Crippen LogP contribution in [0.15, 0.2) is 24.3 Å². The summed E-state index contributed by atoms with van der Waals surface area (Å²) in [5.74, 6) is -1.22. The zero-order valence-electron chi connectivity index (χ0n) is 10.7. The minimum Gasteiger partial charge on any atom is -0.450 e. The van der Waals surface area contributed by atoms with Crippen molar-refractivity contribution >= 4 is 17.8 Å². The number of benzene rings is 1. The van der Waals surface area contributed by atoms with E-state index in [0.717, 1.165) is 5.01 Å². The van der Waals surface area contributed by atoms with Gasteiger partial charge in [-0.2, -0.15) is 0 Å². The minimum atomic E-state index is -0.732. The van der Waals surface area contributed by atoms with E-state index in [1.807, 2.05) is 0 Å². The summed E-state index contributed by atoms with van der Waals surface area (Å²) >= 11 is 0. The van der Waals surface area contributed by atoms with Gasteiger partial charge in [-0.3, -0.25) is 19.8 Å². The lowest BCUT2D eigenvalue weighted by atomic mass is 10.2. The van der Waals surface area contributed by atoms with Crippen LogP contribution in [0, 0.1) is 0 Å². The van der Waals surface area contributed by atoms with Gasteiger partial charge in [-0.25, -0.2) is 5.01 Å². The molecule has 1 atom stereocenters. The molecule has 6 heteroatoms. The van der Waals surface area contributed by atoms with Gasteiger partial charge in [0.05, 0.1) is 6.54 Å². The second kappa shape index (κ2) is 5.09. The third-order valence-electron chi connectivity index (χ3n) is 2.60. The second-order valence-corrected chi connectivity index (χ2v) is 4.30. The van der Waals surface area contributed by atoms with Crippen LogP contribution in [0.1, 0.15) is 13.8 Å². The Bertz CT molecular complexity index is 500. The normalized spacial score (nSPS) is 17.7. The highest BCUT2D eigenvalue weighted by atomic mass is 16.6. The summed E-state index contributed by atoms with van der Waals surface area (Å²) in [6.07, 6.45) is -0.732. The summed E-state index contributed by atoms with van der Waals surface area (Å²) in [5.41, 5.74) is 5.14. The van der Waals surface area contributed by atoms with Crippen LogP contribution in [-0.4, -0.2) is 35.4 Å². The van der Waals surface area contributed by atoms with E-state index in [2.05, 4.69) is 34.4 Å². The van der Waals surface area contributed by atoms with Crippen molar-refractivity contribution in [2.75, 3.05) is 6.54 Å². The highest BCUT2D eigenvalue weighted by molar-refractivity contribution is 5.90. The molecule has 0 spiro atoms. The van der Waals surface area contributed by atoms with Crippen molar-refractivity contribution in [2.45, 2.75) is 20.0 Å². The van der Waals surface area contributed by atoms with Crippen molar-refractivity contribution < 1.29 is 19.1 Å². The molecule has 1 unspecified atom stereocenters. The molecule has 0 aromatic rings. The van der Waals surface area contributed by atoms with Crippen molar-refractivity contribution in [3.05, 3.63) is 24.3 Å². The predicted octanol–water partition coefficient (Wildman–Crippen LogP) is 0.478. The fraction of sp³-hybridized carbons (Fsp3) is 0.308. The SMILES string of the molecule is CC(=O)NN1CC(OC(C)=O)C1=O.c1cc2cc-2c1. The molecule has 0 aromatic heterocycles. The largest absolute Gasteiger partial charge is 0.450 e. The first-order valence-electron chi connectivity index (χ1n) is 5.83. The van der Waals surface area contributed by atoms with Gasteiger partial charge in [0, 0.05) is 13.8 Å². The Morgan fingerprint density at radius 1 is 1.32 bits per heavy atom. The third-order valence-corrected chi connectivity index (χ3v) is 2.60. The average molecular weight is 262 g/mol. The molecule has 2 amide bonds. The van der Waals surface area contributed by atoms with Gasteiger partial charge >= 0.3 is 5.97 Å². The molecule has 0 bridgehead atoms. The van der Waals surface area contributed by atoms with Crippen LogP contribution in [0.5, 0.6) is 0 Å². The monoisotopic (exact) mass is 262 g/mol. The maximum Gasteiger partial charge on any atom is 0.303 e. The van der Waals surface area contributed by atoms with Gasteiger partial charge in [-0.1, -0.05) is 18.2 Å². The number of hydrogen-bond donors (Lipinski definition) is 1. The molecule has 0 saturated carbocycles. The van der Waals surface area contributed by atoms with Gasteiger partial charge in [-0.05, 0) is 17.2 Å². The number of carbonyl (C=O) groups excluding carboxylic acids is 3. The van der Waals surface area contributed by atoms with Crippen LogP contribution in [-0.2, 0) is 19.1 Å². The first-order chi connectivity index (χ1) is 8.97. The summed E-state index contributed by atoms with van der Waals surface area (Å²) < 4.78 is 4.63. The minimum absolute atomic E-state index is 0.220. The number of nitrogens with one attached hydrogen (secondary N) is 1. The van der Waals surface area contributed by atoms with Gasteiger partial charge in [0.25, 0.3) is 5.91 Å². The fourth-order valence-electron chi connectivity index (χ4n) is 1.65. The van der Waals surface area contributed by atoms with Crippen LogP contribution < -0.4 is 5.43 Å². The first-order valence-corrected chi connectivity index (χ1v) is 5.83. The smallest absolute Gasteiger partial charge is 0.303 e. The Hall–Kier alpha value is -2.37. The third kappa shape index (κ3) is 3.31. The van der Waals surface area contributed by atoms with Crippen LogP contribution in [0.25, 0.3) is 11.1 Å². The number of ether oxygens (including phenoxy) is 1. The number of esters is 1. The number of amides is 2. The van der Waals surface area contributed by atoms with Crippen LogP contribution >= 0.6 is 0 Å². The maximum absolute atomic E-state index is 11.1. The Kier molecular flexibility index (Phi) is 3.50. The molecular weight excluding hydrogens is 248 g/mol. The van der Waals surface area contributed by atoms with E-state index in [0.29, 0.717) is 0 Å². The lowest BCUT2D eigenvalue weighted by molar-refractivity contribution is -0.177. The molecule has 1 N–H and O–H groups in total.